The minimum absolute atomic E-state index is 0.566. The van der Waals surface area contributed by atoms with Crippen molar-refractivity contribution < 1.29 is 19.1 Å². The van der Waals surface area contributed by atoms with Gasteiger partial charge in [-0.15, -0.1) is 23.1 Å². The van der Waals surface area contributed by atoms with Gasteiger partial charge in [0.05, 0.1) is 4.88 Å². The minimum Gasteiger partial charge on any atom is -0.404 e. The first-order chi connectivity index (χ1) is 8.65. The lowest BCUT2D eigenvalue weighted by atomic mass is 10.0. The monoisotopic (exact) mass is 282 g/mol. The summed E-state index contributed by atoms with van der Waals surface area (Å²) in [6, 6.07) is 3.52. The normalized spacial score (nSPS) is 23.7. The van der Waals surface area contributed by atoms with Gasteiger partial charge in [-0.3, -0.25) is 0 Å². The van der Waals surface area contributed by atoms with Crippen LogP contribution < -0.4 is 0 Å². The highest BCUT2D eigenvalue weighted by molar-refractivity contribution is 8.02. The van der Waals surface area contributed by atoms with Gasteiger partial charge in [0.1, 0.15) is 0 Å². The van der Waals surface area contributed by atoms with Crippen molar-refractivity contribution in [1.29, 1.82) is 0 Å². The Morgan fingerprint density at radius 2 is 2.33 bits per heavy atom. The summed E-state index contributed by atoms with van der Waals surface area (Å²) in [7, 11) is 0. The average molecular weight is 282 g/mol. The number of allylic oxidation sites excluding steroid dienone is 2. The van der Waals surface area contributed by atoms with Crippen LogP contribution in [-0.2, 0) is 19.9 Å². The van der Waals surface area contributed by atoms with E-state index in [4.69, 9.17) is 4.74 Å². The van der Waals surface area contributed by atoms with Crippen molar-refractivity contribution in [3.63, 3.8) is 0 Å². The third-order valence-corrected chi connectivity index (χ3v) is 4.24. The van der Waals surface area contributed by atoms with Gasteiger partial charge in [-0.1, -0.05) is 18.7 Å². The van der Waals surface area contributed by atoms with Crippen LogP contribution in [0.25, 0.3) is 0 Å². The molecule has 1 fully saturated rings. The standard InChI is InChI=1S/C12H10O4S2/c1-3-5-8(17-2)12(9-6-4-7-18-9)10(13)15-11(14)16-12/h3-7H,1H2,2H3/b8-5-. The average Bonchev–Trinajstić information content (AvgIpc) is 2.95. The Morgan fingerprint density at radius 1 is 1.56 bits per heavy atom. The molecule has 1 aromatic heterocycles. The van der Waals surface area contributed by atoms with E-state index in [9.17, 15) is 9.59 Å². The molecule has 1 saturated heterocycles. The van der Waals surface area contributed by atoms with Crippen LogP contribution >= 0.6 is 23.1 Å². The zero-order valence-electron chi connectivity index (χ0n) is 9.54. The number of hydrogen-bond donors (Lipinski definition) is 0. The minimum atomic E-state index is -1.47. The Hall–Kier alpha value is -1.53. The summed E-state index contributed by atoms with van der Waals surface area (Å²) in [6.45, 7) is 3.60. The zero-order valence-corrected chi connectivity index (χ0v) is 11.2. The van der Waals surface area contributed by atoms with E-state index in [0.717, 1.165) is 0 Å². The van der Waals surface area contributed by atoms with E-state index in [0.29, 0.717) is 9.78 Å². The Morgan fingerprint density at radius 3 is 2.78 bits per heavy atom. The molecule has 4 nitrogen and oxygen atoms in total. The lowest BCUT2D eigenvalue weighted by Crippen LogP contribution is -2.33. The van der Waals surface area contributed by atoms with Gasteiger partial charge in [-0.05, 0) is 23.8 Å². The van der Waals surface area contributed by atoms with Crippen LogP contribution in [0.15, 0.2) is 41.1 Å². The van der Waals surface area contributed by atoms with Crippen LogP contribution in [0.2, 0.25) is 0 Å². The fourth-order valence-corrected chi connectivity index (χ4v) is 3.35. The summed E-state index contributed by atoms with van der Waals surface area (Å²) in [4.78, 5) is 24.5. The Balaban J connectivity index is 2.61. The van der Waals surface area contributed by atoms with Gasteiger partial charge < -0.3 is 9.47 Å². The van der Waals surface area contributed by atoms with Gasteiger partial charge in [0.15, 0.2) is 0 Å². The number of thiophene rings is 1. The molecule has 2 heterocycles. The summed E-state index contributed by atoms with van der Waals surface area (Å²) in [6.07, 6.45) is 4.01. The van der Waals surface area contributed by atoms with E-state index in [2.05, 4.69) is 11.3 Å². The van der Waals surface area contributed by atoms with E-state index in [1.807, 2.05) is 5.38 Å². The molecule has 0 aliphatic carbocycles. The highest BCUT2D eigenvalue weighted by Crippen LogP contribution is 2.45. The number of carbonyl (C=O) groups is 2. The van der Waals surface area contributed by atoms with Crippen molar-refractivity contribution in [2.24, 2.45) is 0 Å². The number of rotatable bonds is 4. The molecule has 1 unspecified atom stereocenters. The number of esters is 1. The maximum atomic E-state index is 12.0. The predicted molar refractivity (Wildman–Crippen MR) is 70.4 cm³/mol. The molecule has 1 aliphatic rings. The lowest BCUT2D eigenvalue weighted by Gasteiger charge is -2.23. The second-order valence-electron chi connectivity index (χ2n) is 3.37. The highest BCUT2D eigenvalue weighted by Gasteiger charge is 2.56. The van der Waals surface area contributed by atoms with Crippen LogP contribution in [0.5, 0.6) is 0 Å². The molecule has 0 radical (unpaired) electrons. The van der Waals surface area contributed by atoms with Crippen molar-refractivity contribution in [2.45, 2.75) is 5.60 Å². The zero-order chi connectivity index (χ0) is 13.2. The summed E-state index contributed by atoms with van der Waals surface area (Å²) < 4.78 is 9.72. The van der Waals surface area contributed by atoms with Crippen LogP contribution in [0.4, 0.5) is 4.79 Å². The van der Waals surface area contributed by atoms with Gasteiger partial charge in [-0.25, -0.2) is 9.59 Å². The van der Waals surface area contributed by atoms with Gasteiger partial charge in [0.25, 0.3) is 5.60 Å². The van der Waals surface area contributed by atoms with Crippen molar-refractivity contribution in [1.82, 2.24) is 0 Å². The third kappa shape index (κ3) is 1.87. The molecule has 0 bridgehead atoms. The van der Waals surface area contributed by atoms with Gasteiger partial charge >= 0.3 is 12.1 Å². The summed E-state index contributed by atoms with van der Waals surface area (Å²) in [5.41, 5.74) is -1.47. The number of ether oxygens (including phenoxy) is 2. The molecule has 0 amide bonds. The molecular formula is C12H10O4S2. The second-order valence-corrected chi connectivity index (χ2v) is 5.17. The Labute approximate surface area is 112 Å². The Kier molecular flexibility index (Phi) is 3.58. The Bertz CT molecular complexity index is 518. The molecule has 94 valence electrons. The van der Waals surface area contributed by atoms with Crippen molar-refractivity contribution in [2.75, 3.05) is 6.26 Å². The van der Waals surface area contributed by atoms with E-state index in [1.165, 1.54) is 23.1 Å². The smallest absolute Gasteiger partial charge is 0.404 e. The topological polar surface area (TPSA) is 52.6 Å². The molecular weight excluding hydrogens is 272 g/mol. The lowest BCUT2D eigenvalue weighted by molar-refractivity contribution is -0.141. The first-order valence-corrected chi connectivity index (χ1v) is 7.12. The molecule has 0 N–H and O–H groups in total. The van der Waals surface area contributed by atoms with E-state index in [1.54, 1.807) is 30.5 Å². The molecule has 18 heavy (non-hydrogen) atoms. The molecule has 0 spiro atoms. The van der Waals surface area contributed by atoms with Crippen molar-refractivity contribution in [3.8, 4) is 0 Å². The highest BCUT2D eigenvalue weighted by atomic mass is 32.2. The summed E-state index contributed by atoms with van der Waals surface area (Å²) >= 11 is 2.64. The molecule has 6 heteroatoms. The third-order valence-electron chi connectivity index (χ3n) is 2.40. The predicted octanol–water partition coefficient (Wildman–Crippen LogP) is 3.07. The molecule has 0 aromatic carbocycles. The molecule has 0 saturated carbocycles. The maximum Gasteiger partial charge on any atom is 0.518 e. The number of cyclic esters (lactones) is 3. The van der Waals surface area contributed by atoms with Crippen LogP contribution in [0, 0.1) is 0 Å². The fourth-order valence-electron chi connectivity index (χ4n) is 1.67. The second kappa shape index (κ2) is 4.99. The quantitative estimate of drug-likeness (QED) is 0.482. The fraction of sp³-hybridized carbons (Fsp3) is 0.167. The van der Waals surface area contributed by atoms with Gasteiger partial charge in [0, 0.05) is 4.91 Å². The summed E-state index contributed by atoms with van der Waals surface area (Å²) in [5, 5.41) is 1.81. The van der Waals surface area contributed by atoms with Crippen LogP contribution in [0.1, 0.15) is 4.88 Å². The maximum absolute atomic E-state index is 12.0. The molecule has 1 aliphatic heterocycles. The molecule has 2 rings (SSSR count). The van der Waals surface area contributed by atoms with Crippen LogP contribution in [-0.4, -0.2) is 18.4 Å². The number of hydrogen-bond acceptors (Lipinski definition) is 6. The first-order valence-electron chi connectivity index (χ1n) is 5.01. The van der Waals surface area contributed by atoms with Crippen LogP contribution in [0.3, 0.4) is 0 Å². The summed E-state index contributed by atoms with van der Waals surface area (Å²) in [5.74, 6) is -0.711. The van der Waals surface area contributed by atoms with E-state index < -0.39 is 17.7 Å². The van der Waals surface area contributed by atoms with Crippen molar-refractivity contribution >= 4 is 35.2 Å². The van der Waals surface area contributed by atoms with Gasteiger partial charge in [0.2, 0.25) is 0 Å². The van der Waals surface area contributed by atoms with E-state index in [-0.39, 0.29) is 0 Å². The SMILES string of the molecule is C=C/C=C(\SC)C1(c2cccs2)OC(=O)OC1=O. The largest absolute Gasteiger partial charge is 0.518 e. The van der Waals surface area contributed by atoms with Gasteiger partial charge in [-0.2, -0.15) is 0 Å². The van der Waals surface area contributed by atoms with Crippen molar-refractivity contribution in [3.05, 3.63) is 46.0 Å². The number of carbonyl (C=O) groups excluding carboxylic acids is 2. The molecule has 1 aromatic rings. The first kappa shape index (κ1) is 12.9. The number of thioether (sulfide) groups is 1. The molecule has 1 atom stereocenters. The van der Waals surface area contributed by atoms with E-state index >= 15 is 0 Å².